The molecule has 0 bridgehead atoms. The van der Waals surface area contributed by atoms with Crippen molar-refractivity contribution < 1.29 is 4.42 Å². The summed E-state index contributed by atoms with van der Waals surface area (Å²) in [4.78, 5) is 18.4. The van der Waals surface area contributed by atoms with Gasteiger partial charge in [0.15, 0.2) is 5.58 Å². The lowest BCUT2D eigenvalue weighted by Crippen LogP contribution is -2.31. The van der Waals surface area contributed by atoms with Crippen LogP contribution in [0.25, 0.3) is 20.4 Å². The molecule has 0 N–H and O–H groups in total. The van der Waals surface area contributed by atoms with Crippen molar-refractivity contribution in [2.24, 2.45) is 0 Å². The van der Waals surface area contributed by atoms with Gasteiger partial charge in [-0.25, -0.2) is 0 Å². The molecule has 0 radical (unpaired) electrons. The van der Waals surface area contributed by atoms with Gasteiger partial charge in [-0.3, -0.25) is 4.79 Å². The standard InChI is InChI=1S/C15H14N2O2S/c18-14-13-12(10-6-2-3-7-11(10)20-13)19-15(16-14)17-8-4-1-5-9-17/h2-3,6-7H,1,4-5,8-9H2. The molecular formula is C15H14N2O2S. The molecule has 1 aromatic carbocycles. The van der Waals surface area contributed by atoms with Crippen LogP contribution in [0.5, 0.6) is 0 Å². The average Bonchev–Trinajstić information content (AvgIpc) is 2.88. The van der Waals surface area contributed by atoms with Crippen LogP contribution in [0.4, 0.5) is 6.01 Å². The minimum atomic E-state index is -0.173. The second-order valence-electron chi connectivity index (χ2n) is 5.11. The lowest BCUT2D eigenvalue weighted by Gasteiger charge is -2.25. The highest BCUT2D eigenvalue weighted by atomic mass is 32.1. The van der Waals surface area contributed by atoms with Crippen molar-refractivity contribution in [2.45, 2.75) is 19.3 Å². The van der Waals surface area contributed by atoms with Crippen LogP contribution in [0.15, 0.2) is 33.5 Å². The van der Waals surface area contributed by atoms with E-state index in [1.807, 2.05) is 24.3 Å². The molecule has 1 aliphatic rings. The predicted molar refractivity (Wildman–Crippen MR) is 81.7 cm³/mol. The molecule has 4 rings (SSSR count). The Kier molecular flexibility index (Phi) is 2.73. The average molecular weight is 286 g/mol. The number of thiophene rings is 1. The molecule has 4 nitrogen and oxygen atoms in total. The Morgan fingerprint density at radius 3 is 2.80 bits per heavy atom. The molecule has 5 heteroatoms. The highest BCUT2D eigenvalue weighted by Gasteiger charge is 2.18. The Morgan fingerprint density at radius 1 is 1.15 bits per heavy atom. The number of anilines is 1. The fourth-order valence-electron chi connectivity index (χ4n) is 2.74. The molecule has 0 aliphatic carbocycles. The number of fused-ring (bicyclic) bond motifs is 3. The molecule has 0 spiro atoms. The maximum absolute atomic E-state index is 12.2. The molecule has 1 fully saturated rings. The van der Waals surface area contributed by atoms with Crippen LogP contribution in [0.1, 0.15) is 19.3 Å². The number of hydrogen-bond donors (Lipinski definition) is 0. The largest absolute Gasteiger partial charge is 0.423 e. The minimum absolute atomic E-state index is 0.173. The van der Waals surface area contributed by atoms with Gasteiger partial charge in [-0.1, -0.05) is 12.1 Å². The number of piperidine rings is 1. The number of hydrogen-bond acceptors (Lipinski definition) is 5. The summed E-state index contributed by atoms with van der Waals surface area (Å²) in [6, 6.07) is 8.43. The highest BCUT2D eigenvalue weighted by molar-refractivity contribution is 7.25. The number of nitrogens with zero attached hydrogens (tertiary/aromatic N) is 2. The van der Waals surface area contributed by atoms with Gasteiger partial charge in [-0.15, -0.1) is 11.3 Å². The number of rotatable bonds is 1. The van der Waals surface area contributed by atoms with Crippen molar-refractivity contribution in [1.29, 1.82) is 0 Å². The highest BCUT2D eigenvalue weighted by Crippen LogP contribution is 2.33. The summed E-state index contributed by atoms with van der Waals surface area (Å²) in [5, 5.41) is 1.00. The quantitative estimate of drug-likeness (QED) is 0.688. The smallest absolute Gasteiger partial charge is 0.301 e. The number of aromatic nitrogens is 1. The first-order valence-corrected chi connectivity index (χ1v) is 7.72. The maximum atomic E-state index is 12.2. The second kappa shape index (κ2) is 4.59. The van der Waals surface area contributed by atoms with Crippen molar-refractivity contribution in [1.82, 2.24) is 4.98 Å². The van der Waals surface area contributed by atoms with Crippen molar-refractivity contribution in [3.63, 3.8) is 0 Å². The van der Waals surface area contributed by atoms with E-state index in [9.17, 15) is 4.79 Å². The van der Waals surface area contributed by atoms with E-state index in [1.165, 1.54) is 17.8 Å². The molecule has 0 atom stereocenters. The molecule has 0 saturated carbocycles. The normalized spacial score (nSPS) is 16.1. The topological polar surface area (TPSA) is 46.3 Å². The van der Waals surface area contributed by atoms with Gasteiger partial charge in [0.25, 0.3) is 5.56 Å². The van der Waals surface area contributed by atoms with Gasteiger partial charge in [0.05, 0.1) is 0 Å². The Bertz CT molecular complexity index is 831. The van der Waals surface area contributed by atoms with Gasteiger partial charge in [-0.2, -0.15) is 4.98 Å². The van der Waals surface area contributed by atoms with Crippen molar-refractivity contribution in [3.8, 4) is 0 Å². The van der Waals surface area contributed by atoms with Gasteiger partial charge < -0.3 is 9.32 Å². The van der Waals surface area contributed by atoms with E-state index < -0.39 is 0 Å². The summed E-state index contributed by atoms with van der Waals surface area (Å²) in [5.41, 5.74) is 0.513. The Balaban J connectivity index is 1.95. The predicted octanol–water partition coefficient (Wildman–Crippen LogP) is 3.39. The lowest BCUT2D eigenvalue weighted by atomic mass is 10.1. The zero-order valence-electron chi connectivity index (χ0n) is 11.0. The van der Waals surface area contributed by atoms with Crippen LogP contribution in [0.3, 0.4) is 0 Å². The van der Waals surface area contributed by atoms with Gasteiger partial charge in [0.2, 0.25) is 0 Å². The summed E-state index contributed by atoms with van der Waals surface area (Å²) in [5.74, 6) is 0. The number of benzene rings is 1. The van der Waals surface area contributed by atoms with E-state index >= 15 is 0 Å². The second-order valence-corrected chi connectivity index (χ2v) is 6.16. The monoisotopic (exact) mass is 286 g/mol. The first-order chi connectivity index (χ1) is 9.83. The molecule has 1 aliphatic heterocycles. The maximum Gasteiger partial charge on any atom is 0.301 e. The van der Waals surface area contributed by atoms with E-state index in [4.69, 9.17) is 4.42 Å². The third-order valence-electron chi connectivity index (χ3n) is 3.76. The Labute approximate surface area is 119 Å². The molecule has 20 heavy (non-hydrogen) atoms. The Morgan fingerprint density at radius 2 is 1.95 bits per heavy atom. The van der Waals surface area contributed by atoms with E-state index in [0.29, 0.717) is 16.3 Å². The molecule has 0 unspecified atom stereocenters. The summed E-state index contributed by atoms with van der Waals surface area (Å²) in [6.07, 6.45) is 3.51. The van der Waals surface area contributed by atoms with Crippen LogP contribution < -0.4 is 10.5 Å². The van der Waals surface area contributed by atoms with Crippen LogP contribution in [0.2, 0.25) is 0 Å². The van der Waals surface area contributed by atoms with Crippen LogP contribution in [-0.2, 0) is 0 Å². The zero-order chi connectivity index (χ0) is 13.5. The van der Waals surface area contributed by atoms with Crippen molar-refractivity contribution in [2.75, 3.05) is 18.0 Å². The SMILES string of the molecule is O=c1nc(N2CCCCC2)oc2c1sc1ccccc12. The van der Waals surface area contributed by atoms with Gasteiger partial charge in [0, 0.05) is 23.2 Å². The molecule has 2 aromatic heterocycles. The third-order valence-corrected chi connectivity index (χ3v) is 4.90. The zero-order valence-corrected chi connectivity index (χ0v) is 11.8. The first-order valence-electron chi connectivity index (χ1n) is 6.90. The minimum Gasteiger partial charge on any atom is -0.423 e. The van der Waals surface area contributed by atoms with E-state index in [1.54, 1.807) is 0 Å². The van der Waals surface area contributed by atoms with E-state index in [-0.39, 0.29) is 5.56 Å². The van der Waals surface area contributed by atoms with Gasteiger partial charge >= 0.3 is 6.01 Å². The lowest BCUT2D eigenvalue weighted by molar-refractivity contribution is 0.498. The van der Waals surface area contributed by atoms with Gasteiger partial charge in [-0.05, 0) is 31.4 Å². The van der Waals surface area contributed by atoms with E-state index in [2.05, 4.69) is 9.88 Å². The molecule has 0 amide bonds. The van der Waals surface area contributed by atoms with Crippen molar-refractivity contribution in [3.05, 3.63) is 34.6 Å². The van der Waals surface area contributed by atoms with Crippen LogP contribution >= 0.6 is 11.3 Å². The van der Waals surface area contributed by atoms with E-state index in [0.717, 1.165) is 36.0 Å². The Hall–Kier alpha value is -1.88. The van der Waals surface area contributed by atoms with Crippen molar-refractivity contribution >= 4 is 37.7 Å². The molecule has 3 aromatic rings. The first kappa shape index (κ1) is 11.9. The van der Waals surface area contributed by atoms with Crippen LogP contribution in [-0.4, -0.2) is 18.1 Å². The molecule has 102 valence electrons. The summed E-state index contributed by atoms with van der Waals surface area (Å²) < 4.78 is 7.65. The molecule has 1 saturated heterocycles. The molecule has 3 heterocycles. The fraction of sp³-hybridized carbons (Fsp3) is 0.333. The summed E-state index contributed by atoms with van der Waals surface area (Å²) >= 11 is 1.46. The summed E-state index contributed by atoms with van der Waals surface area (Å²) in [7, 11) is 0. The van der Waals surface area contributed by atoms with Crippen LogP contribution in [0, 0.1) is 0 Å². The van der Waals surface area contributed by atoms with Gasteiger partial charge in [0.1, 0.15) is 4.70 Å². The third kappa shape index (κ3) is 1.81. The summed E-state index contributed by atoms with van der Waals surface area (Å²) in [6.45, 7) is 1.84. The fourth-order valence-corrected chi connectivity index (χ4v) is 3.75. The molecular weight excluding hydrogens is 272 g/mol.